The molecule has 0 bridgehead atoms. The summed E-state index contributed by atoms with van der Waals surface area (Å²) in [6, 6.07) is 16.4. The lowest BCUT2D eigenvalue weighted by Crippen LogP contribution is -2.14. The normalized spacial score (nSPS) is 11.4. The first-order chi connectivity index (χ1) is 10.1. The van der Waals surface area contributed by atoms with Crippen LogP contribution in [0.5, 0.6) is 0 Å². The van der Waals surface area contributed by atoms with Crippen molar-refractivity contribution in [3.63, 3.8) is 0 Å². The Hall–Kier alpha value is -2.80. The highest BCUT2D eigenvalue weighted by Crippen LogP contribution is 2.21. The van der Waals surface area contributed by atoms with Crippen LogP contribution in [0.1, 0.15) is 30.4 Å². The number of nitrogens with zero attached hydrogens (tertiary/aromatic N) is 1. The van der Waals surface area contributed by atoms with Crippen LogP contribution in [0.15, 0.2) is 48.5 Å². The largest absolute Gasteiger partial charge is 0.399 e. The second-order valence-electron chi connectivity index (χ2n) is 5.01. The first kappa shape index (κ1) is 14.6. The second-order valence-corrected chi connectivity index (χ2v) is 5.01. The third-order valence-electron chi connectivity index (χ3n) is 3.29. The zero-order valence-electron chi connectivity index (χ0n) is 11.8. The second kappa shape index (κ2) is 6.58. The Labute approximate surface area is 124 Å². The number of nitrogen functional groups attached to an aromatic ring is 1. The van der Waals surface area contributed by atoms with Gasteiger partial charge in [0.15, 0.2) is 0 Å². The lowest BCUT2D eigenvalue weighted by atomic mass is 9.97. The molecule has 0 aliphatic rings. The predicted octanol–water partition coefficient (Wildman–Crippen LogP) is 3.27. The number of anilines is 2. The van der Waals surface area contributed by atoms with Crippen molar-refractivity contribution in [2.24, 2.45) is 0 Å². The highest BCUT2D eigenvalue weighted by Gasteiger charge is 2.11. The van der Waals surface area contributed by atoms with Crippen molar-refractivity contribution in [3.05, 3.63) is 59.7 Å². The summed E-state index contributed by atoms with van der Waals surface area (Å²) in [4.78, 5) is 12.0. The number of benzene rings is 2. The molecule has 0 radical (unpaired) electrons. The summed E-state index contributed by atoms with van der Waals surface area (Å²) in [5, 5.41) is 11.6. The minimum atomic E-state index is -0.0518. The maximum Gasteiger partial charge on any atom is 0.224 e. The quantitative estimate of drug-likeness (QED) is 0.843. The van der Waals surface area contributed by atoms with Crippen LogP contribution in [0, 0.1) is 11.3 Å². The van der Waals surface area contributed by atoms with Gasteiger partial charge in [-0.15, -0.1) is 0 Å². The minimum absolute atomic E-state index is 0.0518. The fourth-order valence-electron chi connectivity index (χ4n) is 2.06. The van der Waals surface area contributed by atoms with E-state index in [9.17, 15) is 4.79 Å². The van der Waals surface area contributed by atoms with Crippen LogP contribution in [0.25, 0.3) is 0 Å². The lowest BCUT2D eigenvalue weighted by Gasteiger charge is -2.12. The molecule has 3 N–H and O–H groups in total. The Morgan fingerprint density at radius 1 is 1.19 bits per heavy atom. The third kappa shape index (κ3) is 4.08. The van der Waals surface area contributed by atoms with Gasteiger partial charge in [0.1, 0.15) is 0 Å². The minimum Gasteiger partial charge on any atom is -0.399 e. The van der Waals surface area contributed by atoms with Crippen molar-refractivity contribution >= 4 is 17.3 Å². The number of carbonyl (C=O) groups excluding carboxylic acids is 1. The van der Waals surface area contributed by atoms with E-state index in [4.69, 9.17) is 11.0 Å². The first-order valence-electron chi connectivity index (χ1n) is 6.74. The van der Waals surface area contributed by atoms with Crippen molar-refractivity contribution in [1.29, 1.82) is 5.26 Å². The molecule has 0 aliphatic heterocycles. The molecular formula is C17H17N3O. The first-order valence-corrected chi connectivity index (χ1v) is 6.74. The van der Waals surface area contributed by atoms with Gasteiger partial charge in [-0.2, -0.15) is 5.26 Å². The summed E-state index contributed by atoms with van der Waals surface area (Å²) in [5.41, 5.74) is 8.72. The van der Waals surface area contributed by atoms with Gasteiger partial charge in [0.25, 0.3) is 0 Å². The highest BCUT2D eigenvalue weighted by molar-refractivity contribution is 5.91. The van der Waals surface area contributed by atoms with Crippen LogP contribution < -0.4 is 11.1 Å². The number of hydrogen-bond donors (Lipinski definition) is 2. The van der Waals surface area contributed by atoms with Crippen LogP contribution in [0.3, 0.4) is 0 Å². The van der Waals surface area contributed by atoms with Crippen molar-refractivity contribution < 1.29 is 4.79 Å². The molecule has 1 amide bonds. The maximum absolute atomic E-state index is 12.0. The van der Waals surface area contributed by atoms with E-state index in [1.165, 1.54) is 0 Å². The summed E-state index contributed by atoms with van der Waals surface area (Å²) in [6.45, 7) is 2.00. The lowest BCUT2D eigenvalue weighted by molar-refractivity contribution is -0.116. The van der Waals surface area contributed by atoms with Gasteiger partial charge in [0, 0.05) is 17.8 Å². The number of carbonyl (C=O) groups is 1. The van der Waals surface area contributed by atoms with Crippen LogP contribution >= 0.6 is 0 Å². The number of amides is 1. The van der Waals surface area contributed by atoms with Crippen LogP contribution in [-0.4, -0.2) is 5.91 Å². The standard InChI is InChI=1S/C17H17N3O/c1-12(14-4-6-15(19)7-5-14)10-17(21)20-16-8-2-13(11-18)3-9-16/h2-9,12H,10,19H2,1H3,(H,20,21). The SMILES string of the molecule is CC(CC(=O)Nc1ccc(C#N)cc1)c1ccc(N)cc1. The fourth-order valence-corrected chi connectivity index (χ4v) is 2.06. The molecule has 0 spiro atoms. The van der Waals surface area contributed by atoms with E-state index >= 15 is 0 Å². The van der Waals surface area contributed by atoms with Crippen LogP contribution in [-0.2, 0) is 4.79 Å². The van der Waals surface area contributed by atoms with E-state index in [2.05, 4.69) is 5.32 Å². The molecular weight excluding hydrogens is 262 g/mol. The number of nitrogens with two attached hydrogens (primary N) is 1. The van der Waals surface area contributed by atoms with Crippen molar-refractivity contribution in [3.8, 4) is 6.07 Å². The molecule has 1 atom stereocenters. The summed E-state index contributed by atoms with van der Waals surface area (Å²) >= 11 is 0. The highest BCUT2D eigenvalue weighted by atomic mass is 16.1. The zero-order valence-corrected chi connectivity index (χ0v) is 11.8. The van der Waals surface area contributed by atoms with Crippen molar-refractivity contribution in [2.75, 3.05) is 11.1 Å². The van der Waals surface area contributed by atoms with Gasteiger partial charge < -0.3 is 11.1 Å². The van der Waals surface area contributed by atoms with Gasteiger partial charge in [-0.05, 0) is 47.9 Å². The number of nitriles is 1. The molecule has 0 aromatic heterocycles. The average Bonchev–Trinajstić information content (AvgIpc) is 2.48. The van der Waals surface area contributed by atoms with Gasteiger partial charge in [0.05, 0.1) is 11.6 Å². The van der Waals surface area contributed by atoms with E-state index in [1.54, 1.807) is 24.3 Å². The Morgan fingerprint density at radius 3 is 2.38 bits per heavy atom. The smallest absolute Gasteiger partial charge is 0.224 e. The molecule has 0 aliphatic carbocycles. The molecule has 106 valence electrons. The van der Waals surface area contributed by atoms with E-state index in [-0.39, 0.29) is 11.8 Å². The molecule has 21 heavy (non-hydrogen) atoms. The zero-order chi connectivity index (χ0) is 15.2. The van der Waals surface area contributed by atoms with Crippen molar-refractivity contribution in [1.82, 2.24) is 0 Å². The summed E-state index contributed by atoms with van der Waals surface area (Å²) in [6.07, 6.45) is 0.393. The van der Waals surface area contributed by atoms with Gasteiger partial charge in [-0.3, -0.25) is 4.79 Å². The Kier molecular flexibility index (Phi) is 4.57. The fraction of sp³-hybridized carbons (Fsp3) is 0.176. The van der Waals surface area contributed by atoms with E-state index in [0.717, 1.165) is 5.56 Å². The monoisotopic (exact) mass is 279 g/mol. The van der Waals surface area contributed by atoms with Gasteiger partial charge in [-0.25, -0.2) is 0 Å². The Balaban J connectivity index is 1.94. The maximum atomic E-state index is 12.0. The van der Waals surface area contributed by atoms with Crippen LogP contribution in [0.2, 0.25) is 0 Å². The molecule has 0 saturated carbocycles. The Morgan fingerprint density at radius 2 is 1.81 bits per heavy atom. The molecule has 1 unspecified atom stereocenters. The molecule has 2 rings (SSSR count). The molecule has 2 aromatic rings. The van der Waals surface area contributed by atoms with Gasteiger partial charge >= 0.3 is 0 Å². The van der Waals surface area contributed by atoms with Crippen LogP contribution in [0.4, 0.5) is 11.4 Å². The molecule has 4 heteroatoms. The number of hydrogen-bond acceptors (Lipinski definition) is 3. The molecule has 2 aromatic carbocycles. The number of rotatable bonds is 4. The average molecular weight is 279 g/mol. The molecule has 0 saturated heterocycles. The van der Waals surface area contributed by atoms with Gasteiger partial charge in [-0.1, -0.05) is 19.1 Å². The summed E-state index contributed by atoms with van der Waals surface area (Å²) < 4.78 is 0. The molecule has 0 fully saturated rings. The topological polar surface area (TPSA) is 78.9 Å². The van der Waals surface area contributed by atoms with E-state index < -0.39 is 0 Å². The summed E-state index contributed by atoms with van der Waals surface area (Å²) in [5.74, 6) is 0.0630. The van der Waals surface area contributed by atoms with Gasteiger partial charge in [0.2, 0.25) is 5.91 Å². The molecule has 4 nitrogen and oxygen atoms in total. The van der Waals surface area contributed by atoms with E-state index in [0.29, 0.717) is 23.4 Å². The van der Waals surface area contributed by atoms with E-state index in [1.807, 2.05) is 37.3 Å². The predicted molar refractivity (Wildman–Crippen MR) is 83.7 cm³/mol. The number of nitrogens with one attached hydrogen (secondary N) is 1. The summed E-state index contributed by atoms with van der Waals surface area (Å²) in [7, 11) is 0. The Bertz CT molecular complexity index is 654. The molecule has 0 heterocycles. The van der Waals surface area contributed by atoms with Crippen molar-refractivity contribution in [2.45, 2.75) is 19.3 Å². The third-order valence-corrected chi connectivity index (χ3v) is 3.29.